The van der Waals surface area contributed by atoms with Crippen molar-refractivity contribution in [2.75, 3.05) is 0 Å². The largest absolute Gasteiger partial charge is 0.355 e. The Kier molecular flexibility index (Phi) is 4.39. The average Bonchev–Trinajstić information content (AvgIpc) is 3.06. The fraction of sp³-hybridized carbons (Fsp3) is 0.118. The maximum absolute atomic E-state index is 12.3. The first kappa shape index (κ1) is 15.2. The molecular formula is C17H14ClN3O2. The Bertz CT molecular complexity index is 817. The van der Waals surface area contributed by atoms with Gasteiger partial charge in [-0.2, -0.15) is 0 Å². The molecule has 0 aliphatic heterocycles. The van der Waals surface area contributed by atoms with Crippen molar-refractivity contribution in [3.63, 3.8) is 0 Å². The number of hydrogen-bond acceptors (Lipinski definition) is 4. The zero-order chi connectivity index (χ0) is 16.2. The van der Waals surface area contributed by atoms with Gasteiger partial charge >= 0.3 is 0 Å². The van der Waals surface area contributed by atoms with Crippen LogP contribution in [0.15, 0.2) is 59.4 Å². The van der Waals surface area contributed by atoms with E-state index in [-0.39, 0.29) is 17.6 Å². The lowest BCUT2D eigenvalue weighted by Gasteiger charge is -2.14. The second-order valence-electron chi connectivity index (χ2n) is 5.03. The van der Waals surface area contributed by atoms with Gasteiger partial charge in [-0.25, -0.2) is 0 Å². The fourth-order valence-electron chi connectivity index (χ4n) is 2.20. The lowest BCUT2D eigenvalue weighted by atomic mass is 10.1. The van der Waals surface area contributed by atoms with Crippen molar-refractivity contribution < 1.29 is 9.32 Å². The molecule has 0 spiro atoms. The molecule has 0 aliphatic carbocycles. The van der Waals surface area contributed by atoms with Gasteiger partial charge in [0.1, 0.15) is 0 Å². The number of amides is 1. The van der Waals surface area contributed by atoms with Gasteiger partial charge < -0.3 is 9.84 Å². The summed E-state index contributed by atoms with van der Waals surface area (Å²) in [4.78, 5) is 16.3. The third-order valence-corrected chi connectivity index (χ3v) is 3.75. The zero-order valence-electron chi connectivity index (χ0n) is 12.4. The van der Waals surface area contributed by atoms with E-state index in [1.807, 2.05) is 31.2 Å². The Morgan fingerprint density at radius 1 is 1.26 bits per heavy atom. The highest BCUT2D eigenvalue weighted by molar-refractivity contribution is 6.31. The summed E-state index contributed by atoms with van der Waals surface area (Å²) in [6.07, 6.45) is 3.31. The smallest absolute Gasteiger partial charge is 0.273 e. The summed E-state index contributed by atoms with van der Waals surface area (Å²) in [5.74, 6) is 0.171. The SMILES string of the molecule is CC(NC(=O)c1cc(-c2cccnc2)on1)c1ccccc1Cl. The summed E-state index contributed by atoms with van der Waals surface area (Å²) in [5, 5.41) is 7.28. The van der Waals surface area contributed by atoms with Gasteiger partial charge in [-0.05, 0) is 30.7 Å². The van der Waals surface area contributed by atoms with Crippen LogP contribution in [-0.4, -0.2) is 16.0 Å². The minimum atomic E-state index is -0.323. The number of benzene rings is 1. The van der Waals surface area contributed by atoms with Gasteiger partial charge in [-0.1, -0.05) is 35.0 Å². The van der Waals surface area contributed by atoms with Crippen LogP contribution < -0.4 is 5.32 Å². The third-order valence-electron chi connectivity index (χ3n) is 3.41. The molecule has 0 fully saturated rings. The maximum atomic E-state index is 12.3. The predicted octanol–water partition coefficient (Wildman–Crippen LogP) is 3.88. The van der Waals surface area contributed by atoms with Gasteiger partial charge in [0.15, 0.2) is 11.5 Å². The Hall–Kier alpha value is -2.66. The summed E-state index contributed by atoms with van der Waals surface area (Å²) in [5.41, 5.74) is 1.82. The van der Waals surface area contributed by atoms with Crippen molar-refractivity contribution >= 4 is 17.5 Å². The van der Waals surface area contributed by atoms with Crippen LogP contribution in [0.5, 0.6) is 0 Å². The predicted molar refractivity (Wildman–Crippen MR) is 87.1 cm³/mol. The highest BCUT2D eigenvalue weighted by Gasteiger charge is 2.17. The van der Waals surface area contributed by atoms with E-state index in [2.05, 4.69) is 15.5 Å². The maximum Gasteiger partial charge on any atom is 0.273 e. The van der Waals surface area contributed by atoms with E-state index in [1.54, 1.807) is 30.6 Å². The molecule has 0 saturated heterocycles. The lowest BCUT2D eigenvalue weighted by molar-refractivity contribution is 0.0931. The summed E-state index contributed by atoms with van der Waals surface area (Å²) in [6.45, 7) is 1.86. The van der Waals surface area contributed by atoms with E-state index in [0.717, 1.165) is 11.1 Å². The Morgan fingerprint density at radius 3 is 2.83 bits per heavy atom. The number of halogens is 1. The molecule has 2 aromatic heterocycles. The molecule has 116 valence electrons. The number of carbonyl (C=O) groups excluding carboxylic acids is 1. The highest BCUT2D eigenvalue weighted by atomic mass is 35.5. The van der Waals surface area contributed by atoms with Crippen molar-refractivity contribution in [3.8, 4) is 11.3 Å². The van der Waals surface area contributed by atoms with Crippen LogP contribution in [0.1, 0.15) is 29.0 Å². The Balaban J connectivity index is 1.74. The molecule has 5 nitrogen and oxygen atoms in total. The van der Waals surface area contributed by atoms with Crippen molar-refractivity contribution in [3.05, 3.63) is 71.1 Å². The Morgan fingerprint density at radius 2 is 2.09 bits per heavy atom. The van der Waals surface area contributed by atoms with Crippen LogP contribution in [0, 0.1) is 0 Å². The lowest BCUT2D eigenvalue weighted by Crippen LogP contribution is -2.27. The van der Waals surface area contributed by atoms with Gasteiger partial charge in [0, 0.05) is 29.0 Å². The fourth-order valence-corrected chi connectivity index (χ4v) is 2.50. The van der Waals surface area contributed by atoms with Crippen LogP contribution in [0.2, 0.25) is 5.02 Å². The summed E-state index contributed by atoms with van der Waals surface area (Å²) in [6, 6.07) is 12.4. The topological polar surface area (TPSA) is 68.0 Å². The highest BCUT2D eigenvalue weighted by Crippen LogP contribution is 2.23. The number of nitrogens with zero attached hydrogens (tertiary/aromatic N) is 2. The second kappa shape index (κ2) is 6.62. The summed E-state index contributed by atoms with van der Waals surface area (Å²) in [7, 11) is 0. The number of rotatable bonds is 4. The molecule has 1 atom stereocenters. The minimum absolute atomic E-state index is 0.211. The van der Waals surface area contributed by atoms with Gasteiger partial charge in [-0.15, -0.1) is 0 Å². The first-order valence-electron chi connectivity index (χ1n) is 7.07. The average molecular weight is 328 g/mol. The van der Waals surface area contributed by atoms with E-state index in [9.17, 15) is 4.79 Å². The molecule has 2 heterocycles. The van der Waals surface area contributed by atoms with E-state index in [1.165, 1.54) is 0 Å². The normalized spacial score (nSPS) is 11.9. The number of hydrogen-bond donors (Lipinski definition) is 1. The third kappa shape index (κ3) is 3.40. The van der Waals surface area contributed by atoms with Crippen molar-refractivity contribution in [2.24, 2.45) is 0 Å². The van der Waals surface area contributed by atoms with Crippen LogP contribution in [-0.2, 0) is 0 Å². The van der Waals surface area contributed by atoms with E-state index in [4.69, 9.17) is 16.1 Å². The quantitative estimate of drug-likeness (QED) is 0.789. The monoisotopic (exact) mass is 327 g/mol. The van der Waals surface area contributed by atoms with E-state index in [0.29, 0.717) is 10.8 Å². The molecule has 0 aliphatic rings. The molecule has 3 aromatic rings. The van der Waals surface area contributed by atoms with Gasteiger partial charge in [0.05, 0.1) is 6.04 Å². The second-order valence-corrected chi connectivity index (χ2v) is 5.44. The number of carbonyl (C=O) groups is 1. The number of pyridine rings is 1. The molecule has 1 aromatic carbocycles. The number of nitrogens with one attached hydrogen (secondary N) is 1. The zero-order valence-corrected chi connectivity index (χ0v) is 13.1. The van der Waals surface area contributed by atoms with Crippen molar-refractivity contribution in [1.82, 2.24) is 15.5 Å². The molecule has 1 unspecified atom stereocenters. The van der Waals surface area contributed by atoms with Gasteiger partial charge in [0.25, 0.3) is 5.91 Å². The standard InChI is InChI=1S/C17H14ClN3O2/c1-11(13-6-2-3-7-14(13)18)20-17(22)15-9-16(23-21-15)12-5-4-8-19-10-12/h2-11H,1H3,(H,20,22). The van der Waals surface area contributed by atoms with Crippen LogP contribution in [0.3, 0.4) is 0 Å². The van der Waals surface area contributed by atoms with Gasteiger partial charge in [0.2, 0.25) is 0 Å². The van der Waals surface area contributed by atoms with Crippen LogP contribution in [0.25, 0.3) is 11.3 Å². The molecule has 0 saturated carbocycles. The Labute approximate surface area is 138 Å². The van der Waals surface area contributed by atoms with E-state index < -0.39 is 0 Å². The first-order chi connectivity index (χ1) is 11.1. The van der Waals surface area contributed by atoms with Crippen LogP contribution >= 0.6 is 11.6 Å². The van der Waals surface area contributed by atoms with E-state index >= 15 is 0 Å². The van der Waals surface area contributed by atoms with Crippen LogP contribution in [0.4, 0.5) is 0 Å². The minimum Gasteiger partial charge on any atom is -0.355 e. The molecule has 0 bridgehead atoms. The first-order valence-corrected chi connectivity index (χ1v) is 7.45. The molecule has 0 radical (unpaired) electrons. The summed E-state index contributed by atoms with van der Waals surface area (Å²) < 4.78 is 5.21. The molecule has 1 N–H and O–H groups in total. The number of aromatic nitrogens is 2. The molecule has 23 heavy (non-hydrogen) atoms. The van der Waals surface area contributed by atoms with Crippen molar-refractivity contribution in [2.45, 2.75) is 13.0 Å². The molecular weight excluding hydrogens is 314 g/mol. The molecule has 3 rings (SSSR count). The molecule has 1 amide bonds. The van der Waals surface area contributed by atoms with Gasteiger partial charge in [-0.3, -0.25) is 9.78 Å². The summed E-state index contributed by atoms with van der Waals surface area (Å²) >= 11 is 6.14. The van der Waals surface area contributed by atoms with Crippen molar-refractivity contribution in [1.29, 1.82) is 0 Å². The molecule has 6 heteroatoms.